The smallest absolute Gasteiger partial charge is 1.00 e. The summed E-state index contributed by atoms with van der Waals surface area (Å²) >= 11 is 0. The van der Waals surface area contributed by atoms with E-state index in [0.717, 1.165) is 6.61 Å². The van der Waals surface area contributed by atoms with Crippen LogP contribution in [0.3, 0.4) is 0 Å². The van der Waals surface area contributed by atoms with E-state index in [1.54, 1.807) is 0 Å². The van der Waals surface area contributed by atoms with Crippen molar-refractivity contribution in [1.82, 2.24) is 0 Å². The maximum Gasteiger partial charge on any atom is 1.00 e. The summed E-state index contributed by atoms with van der Waals surface area (Å²) in [7, 11) is -0.595. The summed E-state index contributed by atoms with van der Waals surface area (Å²) in [5, 5.41) is 0. The summed E-state index contributed by atoms with van der Waals surface area (Å²) in [5.74, 6) is 0. The largest absolute Gasteiger partial charge is 1.00 e. The maximum atomic E-state index is 5.42. The molecule has 0 amide bonds. The number of hydrogen-bond donors (Lipinski definition) is 0. The third-order valence-corrected chi connectivity index (χ3v) is 3.43. The van der Waals surface area contributed by atoms with Crippen molar-refractivity contribution in [1.29, 1.82) is 0 Å². The fraction of sp³-hybridized carbons (Fsp3) is 1.00. The molecule has 0 radical (unpaired) electrons. The fourth-order valence-electron chi connectivity index (χ4n) is 0.902. The first kappa shape index (κ1) is 9.81. The molecule has 1 rings (SSSR count). The van der Waals surface area contributed by atoms with Gasteiger partial charge in [-0.2, -0.15) is 0 Å². The van der Waals surface area contributed by atoms with Crippen molar-refractivity contribution in [3.8, 4) is 0 Å². The zero-order valence-corrected chi connectivity index (χ0v) is 10.1. The van der Waals surface area contributed by atoms with E-state index in [9.17, 15) is 0 Å². The second-order valence-electron chi connectivity index (χ2n) is 2.18. The second-order valence-corrected chi connectivity index (χ2v) is 4.71. The van der Waals surface area contributed by atoms with Gasteiger partial charge >= 0.3 is 51.4 Å². The molecular weight excluding hydrogens is 143 g/mol. The molecular formula is C5H13KOSi. The van der Waals surface area contributed by atoms with Gasteiger partial charge in [0.1, 0.15) is 0 Å². The maximum absolute atomic E-state index is 5.42. The molecule has 0 N–H and O–H groups in total. The molecule has 3 heteroatoms. The van der Waals surface area contributed by atoms with Crippen LogP contribution in [0.5, 0.6) is 0 Å². The predicted molar refractivity (Wildman–Crippen MR) is 34.1 cm³/mol. The molecule has 1 saturated heterocycles. The summed E-state index contributed by atoms with van der Waals surface area (Å²) in [4.78, 5) is 0. The summed E-state index contributed by atoms with van der Waals surface area (Å²) in [6.45, 7) is 3.33. The van der Waals surface area contributed by atoms with E-state index < -0.39 is 9.04 Å². The van der Waals surface area contributed by atoms with Crippen LogP contribution >= 0.6 is 0 Å². The van der Waals surface area contributed by atoms with Crippen molar-refractivity contribution < 1.29 is 57.2 Å². The third-order valence-electron chi connectivity index (χ3n) is 1.41. The Balaban J connectivity index is 0. The van der Waals surface area contributed by atoms with Crippen LogP contribution in [0, 0.1) is 0 Å². The molecule has 1 heterocycles. The summed E-state index contributed by atoms with van der Waals surface area (Å²) in [6.07, 6.45) is 2.73. The molecule has 0 spiro atoms. The molecule has 0 saturated carbocycles. The van der Waals surface area contributed by atoms with Gasteiger partial charge in [-0.3, -0.25) is 0 Å². The Labute approximate surface area is 96.8 Å². The molecule has 0 aromatic rings. The molecule has 8 heavy (non-hydrogen) atoms. The average Bonchev–Trinajstić information content (AvgIpc) is 1.69. The van der Waals surface area contributed by atoms with Gasteiger partial charge in [0.25, 0.3) is 0 Å². The number of rotatable bonds is 0. The average molecular weight is 156 g/mol. The Morgan fingerprint density at radius 3 is 2.50 bits per heavy atom. The van der Waals surface area contributed by atoms with E-state index in [1.807, 2.05) is 0 Å². The first-order chi connectivity index (χ1) is 3.39. The Morgan fingerprint density at radius 2 is 2.25 bits per heavy atom. The van der Waals surface area contributed by atoms with Gasteiger partial charge in [0, 0.05) is 6.61 Å². The summed E-state index contributed by atoms with van der Waals surface area (Å²) in [5.41, 5.74) is 0. The Kier molecular flexibility index (Phi) is 6.85. The van der Waals surface area contributed by atoms with Crippen molar-refractivity contribution in [3.05, 3.63) is 0 Å². The predicted octanol–water partition coefficient (Wildman–Crippen LogP) is -1.73. The Morgan fingerprint density at radius 1 is 1.50 bits per heavy atom. The molecule has 0 bridgehead atoms. The molecule has 1 atom stereocenters. The Bertz CT molecular complexity index is 58.9. The molecule has 44 valence electrons. The molecule has 1 unspecified atom stereocenters. The van der Waals surface area contributed by atoms with Crippen LogP contribution in [-0.4, -0.2) is 15.6 Å². The Hall–Kier alpha value is 1.81. The van der Waals surface area contributed by atoms with Crippen molar-refractivity contribution in [2.24, 2.45) is 0 Å². The van der Waals surface area contributed by atoms with Crippen molar-refractivity contribution in [2.45, 2.75) is 25.4 Å². The minimum absolute atomic E-state index is 0. The molecule has 0 aromatic heterocycles. The molecule has 1 aliphatic rings. The standard InChI is InChI=1S/C5H12OSi.K.H/c1-7-5-3-2-4-6-7;;/h7H,2-5H2,1H3;;/q;+1;-1. The first-order valence-electron chi connectivity index (χ1n) is 3.01. The first-order valence-corrected chi connectivity index (χ1v) is 5.45. The van der Waals surface area contributed by atoms with E-state index in [4.69, 9.17) is 4.43 Å². The van der Waals surface area contributed by atoms with Crippen LogP contribution in [-0.2, 0) is 4.43 Å². The van der Waals surface area contributed by atoms with Gasteiger partial charge in [-0.15, -0.1) is 0 Å². The van der Waals surface area contributed by atoms with Gasteiger partial charge in [-0.05, 0) is 19.0 Å². The van der Waals surface area contributed by atoms with E-state index >= 15 is 0 Å². The summed E-state index contributed by atoms with van der Waals surface area (Å²) < 4.78 is 5.42. The van der Waals surface area contributed by atoms with E-state index in [0.29, 0.717) is 0 Å². The zero-order chi connectivity index (χ0) is 5.11. The van der Waals surface area contributed by atoms with Crippen molar-refractivity contribution in [3.63, 3.8) is 0 Å². The minimum atomic E-state index is -0.595. The van der Waals surface area contributed by atoms with Crippen molar-refractivity contribution in [2.75, 3.05) is 6.61 Å². The third kappa shape index (κ3) is 3.77. The molecule has 1 nitrogen and oxygen atoms in total. The van der Waals surface area contributed by atoms with E-state index in [-0.39, 0.29) is 52.8 Å². The molecule has 0 aromatic carbocycles. The minimum Gasteiger partial charge on any atom is -1.00 e. The van der Waals surface area contributed by atoms with E-state index in [1.165, 1.54) is 18.9 Å². The second kappa shape index (κ2) is 5.59. The van der Waals surface area contributed by atoms with Gasteiger partial charge in [-0.1, -0.05) is 6.42 Å². The van der Waals surface area contributed by atoms with Crippen LogP contribution in [0.15, 0.2) is 0 Å². The SMILES string of the molecule is C[SiH]1CCCCO1.[H-].[K+]. The topological polar surface area (TPSA) is 9.23 Å². The van der Waals surface area contributed by atoms with Gasteiger partial charge in [0.2, 0.25) is 0 Å². The van der Waals surface area contributed by atoms with E-state index in [2.05, 4.69) is 6.55 Å². The van der Waals surface area contributed by atoms with Gasteiger partial charge in [0.15, 0.2) is 9.04 Å². The molecule has 1 fully saturated rings. The van der Waals surface area contributed by atoms with Gasteiger partial charge < -0.3 is 5.85 Å². The number of hydrogen-bond acceptors (Lipinski definition) is 1. The fourth-order valence-corrected chi connectivity index (χ4v) is 2.50. The van der Waals surface area contributed by atoms with Crippen LogP contribution in [0.1, 0.15) is 14.3 Å². The zero-order valence-electron chi connectivity index (χ0n) is 6.81. The molecule has 0 aliphatic carbocycles. The normalized spacial score (nSPS) is 28.9. The molecule has 1 aliphatic heterocycles. The van der Waals surface area contributed by atoms with Crippen molar-refractivity contribution >= 4 is 9.04 Å². The van der Waals surface area contributed by atoms with Crippen LogP contribution in [0.4, 0.5) is 0 Å². The quantitative estimate of drug-likeness (QED) is 0.379. The summed E-state index contributed by atoms with van der Waals surface area (Å²) in [6, 6.07) is 1.40. The van der Waals surface area contributed by atoms with Gasteiger partial charge in [-0.25, -0.2) is 0 Å². The van der Waals surface area contributed by atoms with Crippen LogP contribution < -0.4 is 51.4 Å². The van der Waals surface area contributed by atoms with Crippen LogP contribution in [0.2, 0.25) is 12.6 Å². The monoisotopic (exact) mass is 156 g/mol. The van der Waals surface area contributed by atoms with Gasteiger partial charge in [0.05, 0.1) is 0 Å². The van der Waals surface area contributed by atoms with Crippen LogP contribution in [0.25, 0.3) is 0 Å².